The summed E-state index contributed by atoms with van der Waals surface area (Å²) < 4.78 is 28.1. The average Bonchev–Trinajstić information content (AvgIpc) is 1.73. The lowest BCUT2D eigenvalue weighted by molar-refractivity contribution is -0.167. The third-order valence-corrected chi connectivity index (χ3v) is 20.3. The molecule has 0 aromatic rings. The number of esters is 6. The lowest BCUT2D eigenvalue weighted by Gasteiger charge is -2.22. The number of cyclic esters (lactones) is 2. The summed E-state index contributed by atoms with van der Waals surface area (Å²) in [7, 11) is 0. The van der Waals surface area contributed by atoms with Crippen LogP contribution >= 0.6 is 0 Å². The predicted octanol–water partition coefficient (Wildman–Crippen LogP) is 23.4. The van der Waals surface area contributed by atoms with E-state index in [1.54, 1.807) is 12.2 Å². The molecule has 8 unspecified atom stereocenters. The van der Waals surface area contributed by atoms with E-state index in [1.807, 2.05) is 19.1 Å². The van der Waals surface area contributed by atoms with Crippen LogP contribution in [-0.2, 0) is 62.0 Å². The van der Waals surface area contributed by atoms with Gasteiger partial charge in [0.15, 0.2) is 6.10 Å². The number of hydrogen-bond donors (Lipinski definition) is 2. The molecule has 1 aliphatic rings. The van der Waals surface area contributed by atoms with Gasteiger partial charge >= 0.3 is 47.8 Å². The Kier molecular flexibility index (Phi) is 63.2. The highest BCUT2D eigenvalue weighted by atomic mass is 16.6. The SMILES string of the molecule is CCCCCCCCCCC(CCCCCCCC)COC(=O)C(C)C(/C=C/C=C\CCCCCCCC(=O)OCC(COC(=O)CCCCCCC/C=C\C/C=C\C=C\C(CC)C(CC(=O)O)C(=O)O)OC(=O)CCCCCC/C=C/C(CCCCCCCC)C1CC(=O)OC1=O)CCCCC. The van der Waals surface area contributed by atoms with Crippen molar-refractivity contribution in [2.24, 2.45) is 41.4 Å². The molecule has 0 aromatic carbocycles. The Bertz CT molecular complexity index is 2370. The van der Waals surface area contributed by atoms with Crippen molar-refractivity contribution in [3.05, 3.63) is 72.9 Å². The normalized spacial score (nSPS) is 15.6. The van der Waals surface area contributed by atoms with E-state index in [0.29, 0.717) is 38.2 Å². The summed E-state index contributed by atoms with van der Waals surface area (Å²) in [4.78, 5) is 99.8. The fraction of sp³-hybridized carbons (Fsp3) is 0.773. The summed E-state index contributed by atoms with van der Waals surface area (Å²) in [5.41, 5.74) is 0. The Balaban J connectivity index is 2.71. The Morgan fingerprint density at radius 3 is 1.38 bits per heavy atom. The van der Waals surface area contributed by atoms with Crippen LogP contribution < -0.4 is 0 Å². The van der Waals surface area contributed by atoms with Crippen molar-refractivity contribution in [1.82, 2.24) is 0 Å². The zero-order chi connectivity index (χ0) is 75.4. The second-order valence-electron chi connectivity index (χ2n) is 29.5. The van der Waals surface area contributed by atoms with Crippen LogP contribution in [0.5, 0.6) is 0 Å². The average molecular weight is 1450 g/mol. The first kappa shape index (κ1) is 95.4. The first-order valence-electron chi connectivity index (χ1n) is 41.9. The molecule has 15 heteroatoms. The monoisotopic (exact) mass is 1450 g/mol. The highest BCUT2D eigenvalue weighted by Gasteiger charge is 2.38. The van der Waals surface area contributed by atoms with Crippen LogP contribution in [0.25, 0.3) is 0 Å². The molecule has 1 rings (SSSR count). The molecule has 8 atom stereocenters. The van der Waals surface area contributed by atoms with E-state index in [-0.39, 0.29) is 74.5 Å². The number of carbonyl (C=O) groups is 8. The molecule has 0 bridgehead atoms. The minimum atomic E-state index is -1.12. The van der Waals surface area contributed by atoms with Crippen molar-refractivity contribution in [2.45, 2.75) is 375 Å². The Labute approximate surface area is 626 Å². The molecule has 0 spiro atoms. The lowest BCUT2D eigenvalue weighted by atomic mass is 9.86. The van der Waals surface area contributed by atoms with E-state index in [1.165, 1.54) is 116 Å². The van der Waals surface area contributed by atoms with E-state index in [9.17, 15) is 43.5 Å². The van der Waals surface area contributed by atoms with Crippen LogP contribution in [0.15, 0.2) is 72.9 Å². The highest BCUT2D eigenvalue weighted by Crippen LogP contribution is 2.31. The zero-order valence-corrected chi connectivity index (χ0v) is 65.9. The van der Waals surface area contributed by atoms with Gasteiger partial charge in [-0.25, -0.2) is 0 Å². The molecule has 0 saturated carbocycles. The molecule has 0 aromatic heterocycles. The minimum absolute atomic E-state index is 0.0171. The molecule has 103 heavy (non-hydrogen) atoms. The van der Waals surface area contributed by atoms with Crippen LogP contribution in [0.3, 0.4) is 0 Å². The maximum absolute atomic E-state index is 13.6. The van der Waals surface area contributed by atoms with Crippen LogP contribution in [0.4, 0.5) is 0 Å². The Morgan fingerprint density at radius 2 is 0.883 bits per heavy atom. The molecule has 1 aliphatic heterocycles. The number of carboxylic acid groups (broad SMARTS) is 2. The first-order valence-corrected chi connectivity index (χ1v) is 41.9. The molecule has 2 N–H and O–H groups in total. The van der Waals surface area contributed by atoms with Gasteiger partial charge in [-0.1, -0.05) is 314 Å². The molecule has 1 fully saturated rings. The van der Waals surface area contributed by atoms with Crippen molar-refractivity contribution in [3.8, 4) is 0 Å². The van der Waals surface area contributed by atoms with Gasteiger partial charge < -0.3 is 33.9 Å². The van der Waals surface area contributed by atoms with Gasteiger partial charge in [-0.05, 0) is 120 Å². The van der Waals surface area contributed by atoms with Crippen LogP contribution in [-0.4, -0.2) is 83.9 Å². The summed E-state index contributed by atoms with van der Waals surface area (Å²) in [6.07, 6.45) is 72.8. The van der Waals surface area contributed by atoms with Crippen LogP contribution in [0, 0.1) is 41.4 Å². The number of ether oxygens (including phenoxy) is 5. The minimum Gasteiger partial charge on any atom is -0.481 e. The number of hydrogen-bond acceptors (Lipinski definition) is 13. The maximum atomic E-state index is 13.6. The third kappa shape index (κ3) is 55.5. The number of allylic oxidation sites excluding steroid dienone is 12. The number of aliphatic carboxylic acids is 2. The second-order valence-corrected chi connectivity index (χ2v) is 29.5. The first-order chi connectivity index (χ1) is 50.1. The van der Waals surface area contributed by atoms with Gasteiger partial charge in [0.25, 0.3) is 0 Å². The van der Waals surface area contributed by atoms with Crippen molar-refractivity contribution in [1.29, 1.82) is 0 Å². The maximum Gasteiger partial charge on any atom is 0.317 e. The van der Waals surface area contributed by atoms with Gasteiger partial charge in [-0.15, -0.1) is 0 Å². The predicted molar refractivity (Wildman–Crippen MR) is 418 cm³/mol. The Morgan fingerprint density at radius 1 is 0.447 bits per heavy atom. The van der Waals surface area contributed by atoms with Crippen molar-refractivity contribution < 1.29 is 72.3 Å². The summed E-state index contributed by atoms with van der Waals surface area (Å²) in [5.74, 6) is -5.71. The quantitative estimate of drug-likeness (QED) is 0.0144. The van der Waals surface area contributed by atoms with Gasteiger partial charge in [0.05, 0.1) is 37.2 Å². The van der Waals surface area contributed by atoms with E-state index in [2.05, 4.69) is 83.2 Å². The van der Waals surface area contributed by atoms with Gasteiger partial charge in [0.2, 0.25) is 0 Å². The number of rotatable bonds is 72. The standard InChI is InChI=1S/C88H148O15/c1-7-12-16-19-22-32-40-50-59-74(58-49-39-20-17-13-8-2)70-101-87(97)73(6)76(61-48-15-10-4)62-52-43-34-29-27-31-36-46-56-66-83(92)100-72-78(102-84(93)67-57-47-38-37-44-54-64-77(63-53-41-21-18-14-9-3)80-69-85(94)103-88(80)98)71-99-82(91)65-55-45-35-30-26-24-23-25-28-33-42-51-60-75(11-5)79(86(95)96)68-81(89)90/h23,25,33-34,42-43,51-52,54,60,62,64,73-80H,7-22,24,26-32,35-41,44-50,53,55-59,61,63,65-72H2,1-6H3,(H,89,90)(H,95,96)/b25-23-,42-33-,43-34-,60-51+,62-52+,64-54+. The molecule has 0 radical (unpaired) electrons. The van der Waals surface area contributed by atoms with Crippen molar-refractivity contribution >= 4 is 47.8 Å². The summed E-state index contributed by atoms with van der Waals surface area (Å²) in [5, 5.41) is 18.6. The second kappa shape index (κ2) is 68.2. The van der Waals surface area contributed by atoms with E-state index < -0.39 is 60.2 Å². The van der Waals surface area contributed by atoms with Gasteiger partial charge in [0.1, 0.15) is 13.2 Å². The topological polar surface area (TPSA) is 223 Å². The van der Waals surface area contributed by atoms with Gasteiger partial charge in [-0.3, -0.25) is 38.4 Å². The Hall–Kier alpha value is -5.60. The van der Waals surface area contributed by atoms with E-state index in [0.717, 1.165) is 154 Å². The van der Waals surface area contributed by atoms with E-state index >= 15 is 0 Å². The fourth-order valence-corrected chi connectivity index (χ4v) is 13.5. The molecular formula is C88H148O15. The molecule has 15 nitrogen and oxygen atoms in total. The van der Waals surface area contributed by atoms with Crippen molar-refractivity contribution in [2.75, 3.05) is 19.8 Å². The van der Waals surface area contributed by atoms with Crippen molar-refractivity contribution in [3.63, 3.8) is 0 Å². The third-order valence-electron chi connectivity index (χ3n) is 20.3. The number of carboxylic acids is 2. The highest BCUT2D eigenvalue weighted by molar-refractivity contribution is 5.95. The molecule has 0 amide bonds. The van der Waals surface area contributed by atoms with Crippen LogP contribution in [0.2, 0.25) is 0 Å². The summed E-state index contributed by atoms with van der Waals surface area (Å²) in [6, 6.07) is 0. The number of unbranched alkanes of at least 4 members (excludes halogenated alkanes) is 33. The van der Waals surface area contributed by atoms with Gasteiger partial charge in [-0.2, -0.15) is 0 Å². The van der Waals surface area contributed by atoms with Crippen LogP contribution in [0.1, 0.15) is 369 Å². The lowest BCUT2D eigenvalue weighted by Crippen LogP contribution is -2.30. The van der Waals surface area contributed by atoms with E-state index in [4.69, 9.17) is 28.8 Å². The molecule has 0 aliphatic carbocycles. The smallest absolute Gasteiger partial charge is 0.317 e. The van der Waals surface area contributed by atoms with Gasteiger partial charge in [0, 0.05) is 19.3 Å². The largest absolute Gasteiger partial charge is 0.481 e. The molecular weight excluding hydrogens is 1300 g/mol. The molecule has 590 valence electrons. The molecule has 1 saturated heterocycles. The zero-order valence-electron chi connectivity index (χ0n) is 65.9. The number of carbonyl (C=O) groups excluding carboxylic acids is 6. The molecule has 1 heterocycles. The summed E-state index contributed by atoms with van der Waals surface area (Å²) in [6.45, 7) is 13.0. The summed E-state index contributed by atoms with van der Waals surface area (Å²) >= 11 is 0. The fourth-order valence-electron chi connectivity index (χ4n) is 13.5.